The van der Waals surface area contributed by atoms with E-state index in [9.17, 15) is 18.3 Å². The standard InChI is InChI=1S/C10H12F3NO3/c1-16-6-3-5(15)4-7(17-2)8(6)9(14)10(11,12)13/h3-4,9,15H,14H2,1-2H3/t9-/m0/s1. The molecule has 0 spiro atoms. The Bertz CT molecular complexity index is 381. The second-order valence-corrected chi connectivity index (χ2v) is 3.28. The summed E-state index contributed by atoms with van der Waals surface area (Å²) in [7, 11) is 2.36. The van der Waals surface area contributed by atoms with Gasteiger partial charge in [-0.25, -0.2) is 0 Å². The van der Waals surface area contributed by atoms with Crippen LogP contribution < -0.4 is 15.2 Å². The van der Waals surface area contributed by atoms with E-state index >= 15 is 0 Å². The number of methoxy groups -OCH3 is 2. The summed E-state index contributed by atoms with van der Waals surface area (Å²) in [4.78, 5) is 0. The zero-order valence-corrected chi connectivity index (χ0v) is 9.21. The van der Waals surface area contributed by atoms with Gasteiger partial charge in [-0.05, 0) is 0 Å². The van der Waals surface area contributed by atoms with Crippen molar-refractivity contribution in [3.8, 4) is 17.2 Å². The van der Waals surface area contributed by atoms with Gasteiger partial charge in [0, 0.05) is 12.1 Å². The van der Waals surface area contributed by atoms with Gasteiger partial charge in [-0.1, -0.05) is 0 Å². The maximum Gasteiger partial charge on any atom is 0.407 e. The van der Waals surface area contributed by atoms with Crippen molar-refractivity contribution in [2.45, 2.75) is 12.2 Å². The zero-order chi connectivity index (χ0) is 13.2. The molecule has 0 unspecified atom stereocenters. The van der Waals surface area contributed by atoms with Crippen LogP contribution in [0.4, 0.5) is 13.2 Å². The van der Waals surface area contributed by atoms with Gasteiger partial charge in [-0.3, -0.25) is 0 Å². The van der Waals surface area contributed by atoms with E-state index in [0.717, 1.165) is 12.1 Å². The zero-order valence-electron chi connectivity index (χ0n) is 9.21. The largest absolute Gasteiger partial charge is 0.508 e. The van der Waals surface area contributed by atoms with Crippen LogP contribution in [0.2, 0.25) is 0 Å². The van der Waals surface area contributed by atoms with Crippen molar-refractivity contribution in [1.29, 1.82) is 0 Å². The quantitative estimate of drug-likeness (QED) is 0.862. The summed E-state index contributed by atoms with van der Waals surface area (Å²) in [6.07, 6.45) is -4.63. The molecule has 96 valence electrons. The topological polar surface area (TPSA) is 64.7 Å². The van der Waals surface area contributed by atoms with Gasteiger partial charge >= 0.3 is 6.18 Å². The van der Waals surface area contributed by atoms with Gasteiger partial charge in [-0.15, -0.1) is 0 Å². The van der Waals surface area contributed by atoms with Gasteiger partial charge in [0.15, 0.2) is 0 Å². The van der Waals surface area contributed by atoms with Crippen molar-refractivity contribution in [3.05, 3.63) is 17.7 Å². The third-order valence-electron chi connectivity index (χ3n) is 2.19. The Balaban J connectivity index is 3.38. The van der Waals surface area contributed by atoms with E-state index in [2.05, 4.69) is 0 Å². The van der Waals surface area contributed by atoms with Crippen LogP contribution >= 0.6 is 0 Å². The summed E-state index contributed by atoms with van der Waals surface area (Å²) in [5, 5.41) is 9.28. The first-order valence-corrected chi connectivity index (χ1v) is 4.58. The molecule has 0 aliphatic carbocycles. The first kappa shape index (κ1) is 13.4. The molecule has 1 aromatic rings. The molecule has 1 atom stereocenters. The number of benzene rings is 1. The summed E-state index contributed by atoms with van der Waals surface area (Å²) in [6, 6.07) is -0.152. The van der Waals surface area contributed by atoms with Gasteiger partial charge in [0.25, 0.3) is 0 Å². The molecule has 0 fully saturated rings. The molecule has 1 rings (SSSR count). The minimum Gasteiger partial charge on any atom is -0.508 e. The lowest BCUT2D eigenvalue weighted by Crippen LogP contribution is -2.29. The first-order valence-electron chi connectivity index (χ1n) is 4.58. The maximum atomic E-state index is 12.6. The lowest BCUT2D eigenvalue weighted by atomic mass is 10.0. The summed E-state index contributed by atoms with van der Waals surface area (Å²) >= 11 is 0. The van der Waals surface area contributed by atoms with Crippen LogP contribution in [0.1, 0.15) is 11.6 Å². The predicted octanol–water partition coefficient (Wildman–Crippen LogP) is 1.97. The first-order chi connectivity index (χ1) is 7.81. The molecule has 4 nitrogen and oxygen atoms in total. The molecule has 0 saturated heterocycles. The number of rotatable bonds is 3. The fraction of sp³-hybridized carbons (Fsp3) is 0.400. The fourth-order valence-corrected chi connectivity index (χ4v) is 1.40. The van der Waals surface area contributed by atoms with E-state index in [-0.39, 0.29) is 22.8 Å². The molecule has 7 heteroatoms. The van der Waals surface area contributed by atoms with Crippen LogP contribution in [0.5, 0.6) is 17.2 Å². The Morgan fingerprint density at radius 3 is 1.88 bits per heavy atom. The number of ether oxygens (including phenoxy) is 2. The SMILES string of the molecule is COc1cc(O)cc(OC)c1[C@H](N)C(F)(F)F. The molecule has 1 aromatic carbocycles. The van der Waals surface area contributed by atoms with Gasteiger partial charge in [0.05, 0.1) is 19.8 Å². The number of phenolic OH excluding ortho intramolecular Hbond substituents is 1. The normalized spacial score (nSPS) is 13.3. The minimum atomic E-state index is -4.63. The van der Waals surface area contributed by atoms with E-state index in [0.29, 0.717) is 0 Å². The Kier molecular flexibility index (Phi) is 3.72. The highest BCUT2D eigenvalue weighted by atomic mass is 19.4. The highest BCUT2D eigenvalue weighted by Gasteiger charge is 2.41. The van der Waals surface area contributed by atoms with Crippen LogP contribution in [0.15, 0.2) is 12.1 Å². The van der Waals surface area contributed by atoms with Crippen LogP contribution in [0.25, 0.3) is 0 Å². The van der Waals surface area contributed by atoms with Crippen molar-refractivity contribution in [2.24, 2.45) is 5.73 Å². The van der Waals surface area contributed by atoms with E-state index in [1.54, 1.807) is 0 Å². The van der Waals surface area contributed by atoms with Gasteiger partial charge in [0.1, 0.15) is 23.3 Å². The number of aromatic hydroxyl groups is 1. The summed E-state index contributed by atoms with van der Waals surface area (Å²) in [6.45, 7) is 0. The third kappa shape index (κ3) is 2.73. The van der Waals surface area contributed by atoms with Crippen LogP contribution in [0.3, 0.4) is 0 Å². The molecule has 0 amide bonds. The van der Waals surface area contributed by atoms with Crippen LogP contribution in [-0.2, 0) is 0 Å². The second-order valence-electron chi connectivity index (χ2n) is 3.28. The van der Waals surface area contributed by atoms with E-state index < -0.39 is 12.2 Å². The van der Waals surface area contributed by atoms with Crippen molar-refractivity contribution < 1.29 is 27.8 Å². The number of alkyl halides is 3. The highest BCUT2D eigenvalue weighted by molar-refractivity contribution is 5.52. The van der Waals surface area contributed by atoms with Crippen LogP contribution in [-0.4, -0.2) is 25.5 Å². The number of phenols is 1. The van der Waals surface area contributed by atoms with E-state index in [1.165, 1.54) is 14.2 Å². The molecular formula is C10H12F3NO3. The van der Waals surface area contributed by atoms with E-state index in [4.69, 9.17) is 15.2 Å². The van der Waals surface area contributed by atoms with Gasteiger partial charge in [0.2, 0.25) is 0 Å². The van der Waals surface area contributed by atoms with Crippen molar-refractivity contribution in [3.63, 3.8) is 0 Å². The van der Waals surface area contributed by atoms with Gasteiger partial charge in [-0.2, -0.15) is 13.2 Å². The fourth-order valence-electron chi connectivity index (χ4n) is 1.40. The number of hydrogen-bond donors (Lipinski definition) is 2. The highest BCUT2D eigenvalue weighted by Crippen LogP contribution is 2.42. The molecule has 17 heavy (non-hydrogen) atoms. The maximum absolute atomic E-state index is 12.6. The monoisotopic (exact) mass is 251 g/mol. The Morgan fingerprint density at radius 2 is 1.59 bits per heavy atom. The van der Waals surface area contributed by atoms with Crippen molar-refractivity contribution in [1.82, 2.24) is 0 Å². The summed E-state index contributed by atoms with van der Waals surface area (Å²) in [5.41, 5.74) is 4.76. The molecule has 3 N–H and O–H groups in total. The average molecular weight is 251 g/mol. The number of halogens is 3. The molecular weight excluding hydrogens is 239 g/mol. The Labute approximate surface area is 95.7 Å². The smallest absolute Gasteiger partial charge is 0.407 e. The molecule has 0 radical (unpaired) electrons. The van der Waals surface area contributed by atoms with Crippen LogP contribution in [0, 0.1) is 0 Å². The Hall–Kier alpha value is -1.63. The van der Waals surface area contributed by atoms with Crippen molar-refractivity contribution in [2.75, 3.05) is 14.2 Å². The molecule has 0 saturated carbocycles. The molecule has 0 aliphatic heterocycles. The number of hydrogen-bond acceptors (Lipinski definition) is 4. The Morgan fingerprint density at radius 1 is 1.18 bits per heavy atom. The lowest BCUT2D eigenvalue weighted by Gasteiger charge is -2.21. The number of nitrogens with two attached hydrogens (primary N) is 1. The van der Waals surface area contributed by atoms with Gasteiger partial charge < -0.3 is 20.3 Å². The molecule has 0 bridgehead atoms. The summed E-state index contributed by atoms with van der Waals surface area (Å²) < 4.78 is 47.2. The third-order valence-corrected chi connectivity index (χ3v) is 2.19. The molecule has 0 aromatic heterocycles. The van der Waals surface area contributed by atoms with Crippen molar-refractivity contribution >= 4 is 0 Å². The molecule has 0 aliphatic rings. The van der Waals surface area contributed by atoms with E-state index in [1.807, 2.05) is 0 Å². The lowest BCUT2D eigenvalue weighted by molar-refractivity contribution is -0.149. The summed E-state index contributed by atoms with van der Waals surface area (Å²) in [5.74, 6) is -0.616. The molecule has 0 heterocycles. The minimum absolute atomic E-state index is 0.174. The second kappa shape index (κ2) is 4.70. The predicted molar refractivity (Wildman–Crippen MR) is 54.2 cm³/mol. The average Bonchev–Trinajstić information content (AvgIpc) is 2.25.